The van der Waals surface area contributed by atoms with Crippen molar-refractivity contribution in [2.45, 2.75) is 70.2 Å². The van der Waals surface area contributed by atoms with Crippen molar-refractivity contribution >= 4 is 25.8 Å². The molecule has 0 saturated carbocycles. The fourth-order valence-electron chi connectivity index (χ4n) is 2.19. The van der Waals surface area contributed by atoms with E-state index in [4.69, 9.17) is 18.6 Å². The van der Waals surface area contributed by atoms with Gasteiger partial charge in [-0.1, -0.05) is 0 Å². The lowest BCUT2D eigenvalue weighted by atomic mass is 9.49. The molecule has 0 aliphatic carbocycles. The Hall–Kier alpha value is 0.320. The van der Waals surface area contributed by atoms with E-state index in [0.717, 1.165) is 0 Å². The zero-order valence-corrected chi connectivity index (χ0v) is 14.0. The van der Waals surface area contributed by atoms with Crippen LogP contribution in [0.25, 0.3) is 0 Å². The van der Waals surface area contributed by atoms with Crippen LogP contribution in [0.3, 0.4) is 0 Å². The summed E-state index contributed by atoms with van der Waals surface area (Å²) >= 11 is 1.65. The van der Waals surface area contributed by atoms with Gasteiger partial charge >= 0.3 is 14.0 Å². The summed E-state index contributed by atoms with van der Waals surface area (Å²) in [5.74, 6) is 0. The molecule has 0 aromatic rings. The van der Waals surface area contributed by atoms with Crippen LogP contribution in [-0.4, -0.2) is 42.0 Å². The van der Waals surface area contributed by atoms with E-state index in [2.05, 4.69) is 0 Å². The van der Waals surface area contributed by atoms with Crippen LogP contribution in [0.2, 0.25) is 0 Å². The zero-order valence-electron chi connectivity index (χ0n) is 13.2. The summed E-state index contributed by atoms with van der Waals surface area (Å²) in [6, 6.07) is 0. The van der Waals surface area contributed by atoms with Gasteiger partial charge in [-0.25, -0.2) is 0 Å². The maximum Gasteiger partial charge on any atom is 0.489 e. The summed E-state index contributed by atoms with van der Waals surface area (Å²) in [4.78, 5) is -0.402. The van der Waals surface area contributed by atoms with E-state index in [9.17, 15) is 0 Å². The molecule has 0 N–H and O–H groups in total. The average Bonchev–Trinajstić information content (AvgIpc) is 2.60. The van der Waals surface area contributed by atoms with E-state index < -0.39 is 19.0 Å². The molecule has 0 bridgehead atoms. The van der Waals surface area contributed by atoms with E-state index in [1.165, 1.54) is 0 Å². The van der Waals surface area contributed by atoms with Gasteiger partial charge in [-0.2, -0.15) is 0 Å². The molecule has 0 spiro atoms. The van der Waals surface area contributed by atoms with Gasteiger partial charge in [0.1, 0.15) is 4.93 Å². The van der Waals surface area contributed by atoms with Crippen LogP contribution >= 0.6 is 11.8 Å². The normalized spacial score (nSPS) is 36.0. The second kappa shape index (κ2) is 4.41. The molecule has 2 aliphatic heterocycles. The van der Waals surface area contributed by atoms with Crippen LogP contribution in [0.4, 0.5) is 0 Å². The number of thioether (sulfide) groups is 1. The first-order valence-corrected chi connectivity index (χ1v) is 7.93. The second-order valence-corrected chi connectivity index (χ2v) is 8.08. The topological polar surface area (TPSA) is 36.9 Å². The molecule has 7 heteroatoms. The van der Waals surface area contributed by atoms with Crippen LogP contribution < -0.4 is 0 Å². The van der Waals surface area contributed by atoms with E-state index in [1.54, 1.807) is 11.8 Å². The third-order valence-electron chi connectivity index (χ3n) is 4.73. The van der Waals surface area contributed by atoms with Gasteiger partial charge in [0.25, 0.3) is 0 Å². The molecule has 2 rings (SSSR count). The molecule has 2 saturated heterocycles. The van der Waals surface area contributed by atoms with Crippen molar-refractivity contribution in [3.05, 3.63) is 0 Å². The highest BCUT2D eigenvalue weighted by Gasteiger charge is 2.64. The van der Waals surface area contributed by atoms with Gasteiger partial charge in [-0.3, -0.25) is 0 Å². The Labute approximate surface area is 121 Å². The first-order chi connectivity index (χ1) is 8.44. The fourth-order valence-corrected chi connectivity index (χ4v) is 2.92. The Kier molecular flexibility index (Phi) is 3.64. The minimum absolute atomic E-state index is 0.368. The summed E-state index contributed by atoms with van der Waals surface area (Å²) in [5, 5.41) is 0. The minimum Gasteiger partial charge on any atom is -0.405 e. The molecular weight excluding hydrogens is 262 g/mol. The predicted molar refractivity (Wildman–Crippen MR) is 80.0 cm³/mol. The monoisotopic (exact) mass is 286 g/mol. The van der Waals surface area contributed by atoms with Crippen LogP contribution in [0.15, 0.2) is 0 Å². The highest BCUT2D eigenvalue weighted by molar-refractivity contribution is 7.99. The Morgan fingerprint density at radius 3 is 1.37 bits per heavy atom. The quantitative estimate of drug-likeness (QED) is 0.729. The number of hydrogen-bond donors (Lipinski definition) is 0. The van der Waals surface area contributed by atoms with Crippen molar-refractivity contribution in [3.8, 4) is 0 Å². The van der Waals surface area contributed by atoms with Crippen molar-refractivity contribution < 1.29 is 18.6 Å². The minimum atomic E-state index is -0.492. The largest absolute Gasteiger partial charge is 0.489 e. The zero-order chi connectivity index (χ0) is 14.7. The molecule has 2 fully saturated rings. The molecule has 1 atom stereocenters. The number of rotatable bonds is 2. The highest BCUT2D eigenvalue weighted by atomic mass is 32.2. The predicted octanol–water partition coefficient (Wildman–Crippen LogP) is 2.55. The Balaban J connectivity index is 2.15. The summed E-state index contributed by atoms with van der Waals surface area (Å²) in [6.07, 6.45) is 2.03. The first kappa shape index (κ1) is 15.7. The van der Waals surface area contributed by atoms with Gasteiger partial charge in [0.05, 0.1) is 16.8 Å². The second-order valence-electron chi connectivity index (χ2n) is 6.89. The Bertz CT molecular complexity index is 359. The van der Waals surface area contributed by atoms with Crippen LogP contribution in [0.1, 0.15) is 48.5 Å². The van der Waals surface area contributed by atoms with Crippen molar-refractivity contribution in [3.63, 3.8) is 0 Å². The van der Waals surface area contributed by atoms with Crippen molar-refractivity contribution in [1.82, 2.24) is 0 Å². The number of hydrogen-bond acceptors (Lipinski definition) is 5. The molecule has 108 valence electrons. The lowest BCUT2D eigenvalue weighted by molar-refractivity contribution is 0.00578. The molecule has 2 heterocycles. The lowest BCUT2D eigenvalue weighted by Gasteiger charge is -2.34. The maximum atomic E-state index is 6.07. The molecule has 0 radical (unpaired) electrons. The average molecular weight is 286 g/mol. The molecule has 0 aromatic heterocycles. The van der Waals surface area contributed by atoms with Crippen LogP contribution in [-0.2, 0) is 18.6 Å². The van der Waals surface area contributed by atoms with Crippen LogP contribution in [0, 0.1) is 0 Å². The third kappa shape index (κ3) is 2.38. The van der Waals surface area contributed by atoms with E-state index in [0.29, 0.717) is 0 Å². The summed E-state index contributed by atoms with van der Waals surface area (Å²) in [7, 11) is -0.980. The molecule has 19 heavy (non-hydrogen) atoms. The molecule has 2 aliphatic rings. The standard InChI is InChI=1S/C12H24B2O4S/c1-9(2)10(3,4)16-13(15-9)14-17-11(5,6)12(7,18-14)19-8/h1-8H3. The van der Waals surface area contributed by atoms with Crippen molar-refractivity contribution in [1.29, 1.82) is 0 Å². The molecule has 1 unspecified atom stereocenters. The summed E-state index contributed by atoms with van der Waals surface area (Å²) < 4.78 is 24.1. The molecule has 0 amide bonds. The highest BCUT2D eigenvalue weighted by Crippen LogP contribution is 2.47. The summed E-state index contributed by atoms with van der Waals surface area (Å²) in [6.45, 7) is 14.2. The Morgan fingerprint density at radius 1 is 0.632 bits per heavy atom. The fraction of sp³-hybridized carbons (Fsp3) is 1.00. The Morgan fingerprint density at radius 2 is 1.00 bits per heavy atom. The van der Waals surface area contributed by atoms with Gasteiger partial charge in [0, 0.05) is 0 Å². The van der Waals surface area contributed by atoms with Gasteiger partial charge in [0.2, 0.25) is 0 Å². The smallest absolute Gasteiger partial charge is 0.405 e. The van der Waals surface area contributed by atoms with E-state index >= 15 is 0 Å². The summed E-state index contributed by atoms with van der Waals surface area (Å²) in [5.41, 5.74) is -1.12. The van der Waals surface area contributed by atoms with Crippen LogP contribution in [0.5, 0.6) is 0 Å². The van der Waals surface area contributed by atoms with E-state index in [1.807, 2.05) is 54.7 Å². The maximum absolute atomic E-state index is 6.07. The van der Waals surface area contributed by atoms with Crippen molar-refractivity contribution in [2.75, 3.05) is 6.26 Å². The molecule has 4 nitrogen and oxygen atoms in total. The molecule has 0 aromatic carbocycles. The van der Waals surface area contributed by atoms with Gasteiger partial charge in [-0.05, 0) is 54.7 Å². The SMILES string of the molecule is CSC1(C)OB(B2OC(C)(C)C(C)(C)O2)OC1(C)C. The van der Waals surface area contributed by atoms with Crippen molar-refractivity contribution in [2.24, 2.45) is 0 Å². The van der Waals surface area contributed by atoms with E-state index in [-0.39, 0.29) is 16.8 Å². The van der Waals surface area contributed by atoms with Gasteiger partial charge in [0.15, 0.2) is 0 Å². The van der Waals surface area contributed by atoms with Gasteiger partial charge in [-0.15, -0.1) is 11.8 Å². The first-order valence-electron chi connectivity index (χ1n) is 6.71. The third-order valence-corrected chi connectivity index (χ3v) is 6.10. The lowest BCUT2D eigenvalue weighted by Crippen LogP contribution is -2.41. The molecular formula is C12H24B2O4S. The van der Waals surface area contributed by atoms with Gasteiger partial charge < -0.3 is 18.6 Å².